The second-order valence-corrected chi connectivity index (χ2v) is 6.05. The predicted octanol–water partition coefficient (Wildman–Crippen LogP) is 2.71. The Morgan fingerprint density at radius 2 is 2.05 bits per heavy atom. The molecule has 0 aromatic heterocycles. The molecule has 0 radical (unpaired) electrons. The Bertz CT molecular complexity index is 585. The van der Waals surface area contributed by atoms with Crippen LogP contribution in [0.15, 0.2) is 18.2 Å². The van der Waals surface area contributed by atoms with E-state index in [0.717, 1.165) is 0 Å². The minimum atomic E-state index is -0.885. The number of benzene rings is 1. The van der Waals surface area contributed by atoms with Crippen molar-refractivity contribution in [2.24, 2.45) is 11.3 Å². The summed E-state index contributed by atoms with van der Waals surface area (Å²) in [7, 11) is 0. The maximum atomic E-state index is 13.1. The zero-order chi connectivity index (χ0) is 15.8. The van der Waals surface area contributed by atoms with E-state index >= 15 is 0 Å². The first-order chi connectivity index (χ1) is 9.78. The number of carbonyl (C=O) groups excluding carboxylic acids is 1. The van der Waals surface area contributed by atoms with Gasteiger partial charge in [0.1, 0.15) is 5.82 Å². The maximum Gasteiger partial charge on any atom is 0.311 e. The number of carbonyl (C=O) groups is 2. The third-order valence-electron chi connectivity index (χ3n) is 4.54. The van der Waals surface area contributed by atoms with Crippen LogP contribution < -0.4 is 0 Å². The number of carboxylic acids is 1. The molecule has 4 nitrogen and oxygen atoms in total. The molecule has 21 heavy (non-hydrogen) atoms. The molecule has 0 saturated carbocycles. The van der Waals surface area contributed by atoms with Gasteiger partial charge in [-0.2, -0.15) is 0 Å². The third-order valence-corrected chi connectivity index (χ3v) is 4.54. The van der Waals surface area contributed by atoms with E-state index in [9.17, 15) is 19.1 Å². The molecule has 1 aromatic rings. The number of aliphatic carboxylic acids is 1. The number of rotatable bonds is 3. The van der Waals surface area contributed by atoms with Crippen molar-refractivity contribution in [2.45, 2.75) is 27.2 Å². The number of hydrogen-bond donors (Lipinski definition) is 1. The summed E-state index contributed by atoms with van der Waals surface area (Å²) in [5.41, 5.74) is 0.113. The van der Waals surface area contributed by atoms with Gasteiger partial charge in [0.2, 0.25) is 0 Å². The van der Waals surface area contributed by atoms with Gasteiger partial charge in [0.15, 0.2) is 0 Å². The molecule has 1 saturated heterocycles. The van der Waals surface area contributed by atoms with Crippen molar-refractivity contribution in [1.82, 2.24) is 4.90 Å². The normalized spacial score (nSPS) is 21.9. The number of likely N-dealkylation sites (tertiary alicyclic amines) is 1. The highest BCUT2D eigenvalue weighted by Crippen LogP contribution is 2.38. The van der Waals surface area contributed by atoms with E-state index in [1.54, 1.807) is 11.8 Å². The Balaban J connectivity index is 2.25. The van der Waals surface area contributed by atoms with E-state index < -0.39 is 11.4 Å². The summed E-state index contributed by atoms with van der Waals surface area (Å²) in [5, 5.41) is 9.51. The molecule has 1 aromatic carbocycles. The van der Waals surface area contributed by atoms with Gasteiger partial charge in [-0.05, 0) is 43.0 Å². The number of hydrogen-bond acceptors (Lipinski definition) is 2. The fourth-order valence-corrected chi connectivity index (χ4v) is 2.94. The van der Waals surface area contributed by atoms with Gasteiger partial charge >= 0.3 is 5.97 Å². The quantitative estimate of drug-likeness (QED) is 0.932. The van der Waals surface area contributed by atoms with E-state index in [1.165, 1.54) is 18.2 Å². The fraction of sp³-hybridized carbons (Fsp3) is 0.500. The van der Waals surface area contributed by atoms with E-state index in [0.29, 0.717) is 24.1 Å². The van der Waals surface area contributed by atoms with Crippen LogP contribution in [0.5, 0.6) is 0 Å². The molecule has 1 amide bonds. The molecule has 1 N–H and O–H groups in total. The van der Waals surface area contributed by atoms with Crippen LogP contribution in [0, 0.1) is 24.1 Å². The Hall–Kier alpha value is -1.91. The van der Waals surface area contributed by atoms with E-state index in [1.807, 2.05) is 13.8 Å². The molecule has 1 fully saturated rings. The molecule has 1 unspecified atom stereocenters. The van der Waals surface area contributed by atoms with Gasteiger partial charge in [-0.25, -0.2) is 4.39 Å². The van der Waals surface area contributed by atoms with Crippen LogP contribution in [0.4, 0.5) is 4.39 Å². The molecule has 1 atom stereocenters. The average Bonchev–Trinajstić information content (AvgIpc) is 2.84. The van der Waals surface area contributed by atoms with Gasteiger partial charge in [-0.1, -0.05) is 13.8 Å². The van der Waals surface area contributed by atoms with E-state index in [-0.39, 0.29) is 24.2 Å². The van der Waals surface area contributed by atoms with Crippen LogP contribution >= 0.6 is 0 Å². The van der Waals surface area contributed by atoms with Crippen LogP contribution in [0.25, 0.3) is 0 Å². The zero-order valence-electron chi connectivity index (χ0n) is 12.5. The van der Waals surface area contributed by atoms with Crippen molar-refractivity contribution < 1.29 is 19.1 Å². The zero-order valence-corrected chi connectivity index (χ0v) is 12.5. The molecule has 114 valence electrons. The topological polar surface area (TPSA) is 57.6 Å². The summed E-state index contributed by atoms with van der Waals surface area (Å²) in [5.74, 6) is -1.52. The largest absolute Gasteiger partial charge is 0.481 e. The molecular weight excluding hydrogens is 273 g/mol. The minimum absolute atomic E-state index is 0.0536. The Morgan fingerprint density at radius 3 is 2.52 bits per heavy atom. The summed E-state index contributed by atoms with van der Waals surface area (Å²) in [6.45, 7) is 6.03. The van der Waals surface area contributed by atoms with Crippen LogP contribution in [-0.4, -0.2) is 35.0 Å². The molecule has 0 spiro atoms. The van der Waals surface area contributed by atoms with Crippen LogP contribution in [-0.2, 0) is 4.79 Å². The first kappa shape index (κ1) is 15.5. The van der Waals surface area contributed by atoms with E-state index in [4.69, 9.17) is 0 Å². The lowest BCUT2D eigenvalue weighted by Crippen LogP contribution is -2.40. The predicted molar refractivity (Wildman–Crippen MR) is 76.6 cm³/mol. The molecular formula is C16H20FNO3. The minimum Gasteiger partial charge on any atom is -0.481 e. The maximum absolute atomic E-state index is 13.1. The molecule has 2 rings (SSSR count). The summed E-state index contributed by atoms with van der Waals surface area (Å²) in [4.78, 5) is 25.7. The smallest absolute Gasteiger partial charge is 0.311 e. The molecule has 1 aliphatic heterocycles. The Labute approximate surface area is 123 Å². The second-order valence-electron chi connectivity index (χ2n) is 6.05. The highest BCUT2D eigenvalue weighted by Gasteiger charge is 2.48. The van der Waals surface area contributed by atoms with Crippen molar-refractivity contribution in [1.29, 1.82) is 0 Å². The first-order valence-corrected chi connectivity index (χ1v) is 7.07. The first-order valence-electron chi connectivity index (χ1n) is 7.07. The summed E-state index contributed by atoms with van der Waals surface area (Å²) < 4.78 is 13.1. The highest BCUT2D eigenvalue weighted by molar-refractivity contribution is 5.96. The number of halogens is 1. The number of carboxylic acid groups (broad SMARTS) is 1. The molecule has 0 aliphatic carbocycles. The molecule has 1 aliphatic rings. The fourth-order valence-electron chi connectivity index (χ4n) is 2.94. The summed E-state index contributed by atoms with van der Waals surface area (Å²) >= 11 is 0. The Kier molecular flexibility index (Phi) is 4.03. The monoisotopic (exact) mass is 293 g/mol. The standard InChI is InChI=1S/C16H20FNO3/c1-10(2)16(15(20)21)6-7-18(9-16)14(19)13-5-4-12(17)8-11(13)3/h4-5,8,10H,6-7,9H2,1-3H3,(H,20,21). The van der Waals surface area contributed by atoms with Crippen molar-refractivity contribution in [3.63, 3.8) is 0 Å². The lowest BCUT2D eigenvalue weighted by atomic mass is 9.76. The molecule has 5 heteroatoms. The van der Waals surface area contributed by atoms with Crippen molar-refractivity contribution in [3.05, 3.63) is 35.1 Å². The Morgan fingerprint density at radius 1 is 1.38 bits per heavy atom. The molecule has 1 heterocycles. The lowest BCUT2D eigenvalue weighted by Gasteiger charge is -2.28. The van der Waals surface area contributed by atoms with Crippen molar-refractivity contribution >= 4 is 11.9 Å². The number of aryl methyl sites for hydroxylation is 1. The number of amides is 1. The van der Waals surface area contributed by atoms with Gasteiger partial charge in [-0.15, -0.1) is 0 Å². The lowest BCUT2D eigenvalue weighted by molar-refractivity contribution is -0.150. The van der Waals surface area contributed by atoms with Gasteiger partial charge in [0, 0.05) is 18.7 Å². The van der Waals surface area contributed by atoms with Crippen LogP contribution in [0.3, 0.4) is 0 Å². The average molecular weight is 293 g/mol. The SMILES string of the molecule is Cc1cc(F)ccc1C(=O)N1CCC(C(=O)O)(C(C)C)C1. The molecule has 0 bridgehead atoms. The van der Waals surface area contributed by atoms with Gasteiger partial charge < -0.3 is 10.0 Å². The van der Waals surface area contributed by atoms with Crippen LogP contribution in [0.1, 0.15) is 36.2 Å². The number of nitrogens with zero attached hydrogens (tertiary/aromatic N) is 1. The van der Waals surface area contributed by atoms with Gasteiger partial charge in [0.25, 0.3) is 5.91 Å². The highest BCUT2D eigenvalue weighted by atomic mass is 19.1. The van der Waals surface area contributed by atoms with Crippen molar-refractivity contribution in [3.8, 4) is 0 Å². The second kappa shape index (κ2) is 5.47. The summed E-state index contributed by atoms with van der Waals surface area (Å²) in [6, 6.07) is 4.03. The summed E-state index contributed by atoms with van der Waals surface area (Å²) in [6.07, 6.45) is 0.450. The van der Waals surface area contributed by atoms with Gasteiger partial charge in [-0.3, -0.25) is 9.59 Å². The van der Waals surface area contributed by atoms with Crippen molar-refractivity contribution in [2.75, 3.05) is 13.1 Å². The van der Waals surface area contributed by atoms with Gasteiger partial charge in [0.05, 0.1) is 5.41 Å². The third kappa shape index (κ3) is 2.64. The van der Waals surface area contributed by atoms with E-state index in [2.05, 4.69) is 0 Å². The van der Waals surface area contributed by atoms with Crippen LogP contribution in [0.2, 0.25) is 0 Å².